The summed E-state index contributed by atoms with van der Waals surface area (Å²) in [7, 11) is 0. The molecule has 0 unspecified atom stereocenters. The Kier molecular flexibility index (Phi) is 10.2. The van der Waals surface area contributed by atoms with Crippen LogP contribution in [0.15, 0.2) is 41.2 Å². The molecule has 196 valence electrons. The van der Waals surface area contributed by atoms with Crippen LogP contribution in [0.2, 0.25) is 0 Å². The van der Waals surface area contributed by atoms with E-state index >= 15 is 0 Å². The fourth-order valence-corrected chi connectivity index (χ4v) is 3.69. The molecule has 0 spiro atoms. The summed E-state index contributed by atoms with van der Waals surface area (Å²) in [6.45, 7) is 4.77. The van der Waals surface area contributed by atoms with Gasteiger partial charge in [-0.2, -0.15) is 13.2 Å². The van der Waals surface area contributed by atoms with Gasteiger partial charge in [-0.1, -0.05) is 12.1 Å². The highest BCUT2D eigenvalue weighted by Crippen LogP contribution is 2.31. The molecule has 36 heavy (non-hydrogen) atoms. The van der Waals surface area contributed by atoms with Gasteiger partial charge in [-0.05, 0) is 82.7 Å². The van der Waals surface area contributed by atoms with Crippen LogP contribution in [-0.2, 0) is 6.18 Å². The predicted octanol–water partition coefficient (Wildman–Crippen LogP) is 3.86. The number of aromatic nitrogens is 2. The Bertz CT molecular complexity index is 1180. The third-order valence-corrected chi connectivity index (χ3v) is 5.62. The summed E-state index contributed by atoms with van der Waals surface area (Å²) in [5.74, 6) is -0.619. The molecule has 11 heteroatoms. The van der Waals surface area contributed by atoms with Gasteiger partial charge in [-0.3, -0.25) is 4.79 Å². The minimum atomic E-state index is -4.52. The van der Waals surface area contributed by atoms with E-state index in [1.54, 1.807) is 0 Å². The molecule has 0 radical (unpaired) electrons. The highest BCUT2D eigenvalue weighted by Gasteiger charge is 2.30. The number of rotatable bonds is 14. The van der Waals surface area contributed by atoms with Gasteiger partial charge < -0.3 is 26.7 Å². The average molecular weight is 509 g/mol. The van der Waals surface area contributed by atoms with Gasteiger partial charge in [0.05, 0.1) is 22.2 Å². The van der Waals surface area contributed by atoms with Crippen LogP contribution in [0.25, 0.3) is 22.3 Å². The predicted molar refractivity (Wildman–Crippen MR) is 135 cm³/mol. The zero-order valence-corrected chi connectivity index (χ0v) is 20.0. The number of anilines is 1. The Morgan fingerprint density at radius 3 is 2.31 bits per heavy atom. The molecule has 0 aliphatic rings. The van der Waals surface area contributed by atoms with Crippen LogP contribution in [-0.4, -0.2) is 49.2 Å². The molecule has 0 amide bonds. The normalized spacial score (nSPS) is 11.8. The van der Waals surface area contributed by atoms with Crippen molar-refractivity contribution >= 4 is 16.6 Å². The van der Waals surface area contributed by atoms with Crippen molar-refractivity contribution < 1.29 is 17.6 Å². The standard InChI is InChI=1S/C25H32F4N6O/c26-20-15-19-21(16-22(20)33-13-5-12-32-10-2-1-9-31-11-4-8-30)34-23(35-24(19)36)17-6-3-7-18(14-17)25(27,28)29/h3,6-7,14-16,31-33H,1-2,4-5,8-13,30H2,(H,34,35,36). The van der Waals surface area contributed by atoms with Crippen molar-refractivity contribution in [3.63, 3.8) is 0 Å². The van der Waals surface area contributed by atoms with Gasteiger partial charge in [-0.15, -0.1) is 0 Å². The minimum absolute atomic E-state index is 0.0186. The summed E-state index contributed by atoms with van der Waals surface area (Å²) in [4.78, 5) is 19.2. The highest BCUT2D eigenvalue weighted by atomic mass is 19.4. The van der Waals surface area contributed by atoms with E-state index in [1.165, 1.54) is 18.2 Å². The van der Waals surface area contributed by atoms with Gasteiger partial charge in [0.15, 0.2) is 0 Å². The molecule has 0 fully saturated rings. The first-order valence-electron chi connectivity index (χ1n) is 12.1. The fraction of sp³-hybridized carbons (Fsp3) is 0.440. The zero-order valence-electron chi connectivity index (χ0n) is 20.0. The van der Waals surface area contributed by atoms with E-state index in [0.29, 0.717) is 13.1 Å². The number of halogens is 4. The maximum absolute atomic E-state index is 14.5. The Balaban J connectivity index is 1.55. The van der Waals surface area contributed by atoms with Crippen molar-refractivity contribution in [1.82, 2.24) is 20.6 Å². The second-order valence-corrected chi connectivity index (χ2v) is 8.47. The third-order valence-electron chi connectivity index (χ3n) is 5.62. The van der Waals surface area contributed by atoms with Crippen LogP contribution in [0.3, 0.4) is 0 Å². The second kappa shape index (κ2) is 13.3. The SMILES string of the molecule is NCCCNCCCCNCCCNc1cc2nc(-c3cccc(C(F)(F)F)c3)[nH]c(=O)c2cc1F. The van der Waals surface area contributed by atoms with E-state index in [1.807, 2.05) is 0 Å². The topological polar surface area (TPSA) is 108 Å². The number of H-pyrrole nitrogens is 1. The number of hydrogen-bond acceptors (Lipinski definition) is 6. The third kappa shape index (κ3) is 8.00. The van der Waals surface area contributed by atoms with Gasteiger partial charge in [0, 0.05) is 12.1 Å². The molecule has 0 saturated carbocycles. The molecule has 0 aliphatic carbocycles. The molecule has 0 aliphatic heterocycles. The average Bonchev–Trinajstić information content (AvgIpc) is 2.85. The van der Waals surface area contributed by atoms with Crippen molar-refractivity contribution in [2.45, 2.75) is 31.9 Å². The number of fused-ring (bicyclic) bond motifs is 1. The van der Waals surface area contributed by atoms with E-state index in [4.69, 9.17) is 5.73 Å². The number of alkyl halides is 3. The maximum Gasteiger partial charge on any atom is 0.416 e. The van der Waals surface area contributed by atoms with Crippen LogP contribution < -0.4 is 27.2 Å². The summed E-state index contributed by atoms with van der Waals surface area (Å²) in [6, 6.07) is 7.01. The molecule has 3 aromatic rings. The quantitative estimate of drug-likeness (QED) is 0.167. The smallest absolute Gasteiger partial charge is 0.383 e. The number of aromatic amines is 1. The minimum Gasteiger partial charge on any atom is -0.383 e. The van der Waals surface area contributed by atoms with Crippen LogP contribution in [0, 0.1) is 5.82 Å². The lowest BCUT2D eigenvalue weighted by Crippen LogP contribution is -2.22. The molecule has 0 saturated heterocycles. The number of nitrogens with one attached hydrogen (secondary N) is 4. The van der Waals surface area contributed by atoms with E-state index in [-0.39, 0.29) is 28.0 Å². The van der Waals surface area contributed by atoms with Crippen molar-refractivity contribution in [2.24, 2.45) is 5.73 Å². The van der Waals surface area contributed by atoms with Gasteiger partial charge in [0.25, 0.3) is 5.56 Å². The molecule has 0 atom stereocenters. The van der Waals surface area contributed by atoms with Crippen LogP contribution in [0.4, 0.5) is 23.2 Å². The molecular formula is C25H32F4N6O. The molecule has 6 N–H and O–H groups in total. The van der Waals surface area contributed by atoms with Gasteiger partial charge in [-0.25, -0.2) is 9.37 Å². The molecule has 3 rings (SSSR count). The molecule has 1 heterocycles. The summed E-state index contributed by atoms with van der Waals surface area (Å²) < 4.78 is 53.7. The van der Waals surface area contributed by atoms with Gasteiger partial charge in [0.2, 0.25) is 0 Å². The molecule has 7 nitrogen and oxygen atoms in total. The van der Waals surface area contributed by atoms with Crippen LogP contribution in [0.5, 0.6) is 0 Å². The first kappa shape index (κ1) is 27.6. The van der Waals surface area contributed by atoms with E-state index in [2.05, 4.69) is 25.9 Å². The lowest BCUT2D eigenvalue weighted by Gasteiger charge is -2.11. The van der Waals surface area contributed by atoms with Crippen molar-refractivity contribution in [3.05, 3.63) is 58.1 Å². The summed E-state index contributed by atoms with van der Waals surface area (Å²) in [5, 5.41) is 9.71. The molecule has 0 bridgehead atoms. The first-order chi connectivity index (χ1) is 17.3. The second-order valence-electron chi connectivity index (χ2n) is 8.47. The fourth-order valence-electron chi connectivity index (χ4n) is 3.69. The maximum atomic E-state index is 14.5. The largest absolute Gasteiger partial charge is 0.416 e. The number of hydrogen-bond donors (Lipinski definition) is 5. The first-order valence-corrected chi connectivity index (χ1v) is 12.1. The highest BCUT2D eigenvalue weighted by molar-refractivity contribution is 5.83. The van der Waals surface area contributed by atoms with Crippen molar-refractivity contribution in [3.8, 4) is 11.4 Å². The Morgan fingerprint density at radius 2 is 1.61 bits per heavy atom. The Labute approximate surface area is 206 Å². The van der Waals surface area contributed by atoms with E-state index in [9.17, 15) is 22.4 Å². The summed E-state index contributed by atoms with van der Waals surface area (Å²) in [5.41, 5.74) is 4.45. The monoisotopic (exact) mass is 508 g/mol. The summed E-state index contributed by atoms with van der Waals surface area (Å²) >= 11 is 0. The van der Waals surface area contributed by atoms with Gasteiger partial charge >= 0.3 is 6.18 Å². The number of nitrogens with zero attached hydrogens (tertiary/aromatic N) is 1. The summed E-state index contributed by atoms with van der Waals surface area (Å²) in [6.07, 6.45) is -0.662. The van der Waals surface area contributed by atoms with E-state index < -0.39 is 23.1 Å². The molecule has 1 aromatic heterocycles. The van der Waals surface area contributed by atoms with Gasteiger partial charge in [0.1, 0.15) is 11.6 Å². The Hall–Kier alpha value is -3.02. The van der Waals surface area contributed by atoms with Crippen LogP contribution in [0.1, 0.15) is 31.2 Å². The zero-order chi connectivity index (χ0) is 26.0. The van der Waals surface area contributed by atoms with E-state index in [0.717, 1.165) is 70.1 Å². The Morgan fingerprint density at radius 1 is 0.917 bits per heavy atom. The van der Waals surface area contributed by atoms with Crippen molar-refractivity contribution in [1.29, 1.82) is 0 Å². The number of unbranched alkanes of at least 4 members (excludes halogenated alkanes) is 1. The van der Waals surface area contributed by atoms with Crippen LogP contribution >= 0.6 is 0 Å². The lowest BCUT2D eigenvalue weighted by atomic mass is 10.1. The number of benzene rings is 2. The molecular weight excluding hydrogens is 476 g/mol. The number of nitrogens with two attached hydrogens (primary N) is 1. The lowest BCUT2D eigenvalue weighted by molar-refractivity contribution is -0.137. The van der Waals surface area contributed by atoms with Crippen molar-refractivity contribution in [2.75, 3.05) is 44.6 Å². The molecule has 2 aromatic carbocycles.